The third-order valence-corrected chi connectivity index (χ3v) is 3.80. The summed E-state index contributed by atoms with van der Waals surface area (Å²) in [7, 11) is 0. The largest absolute Gasteiger partial charge is 0.480 e. The van der Waals surface area contributed by atoms with Crippen LogP contribution in [0.3, 0.4) is 0 Å². The van der Waals surface area contributed by atoms with E-state index < -0.39 is 5.97 Å². The normalized spacial score (nSPS) is 29.4. The monoisotopic (exact) mass is 242 g/mol. The zero-order valence-corrected chi connectivity index (χ0v) is 10.5. The Morgan fingerprint density at radius 1 is 1.41 bits per heavy atom. The lowest BCUT2D eigenvalue weighted by atomic mass is 10.2. The summed E-state index contributed by atoms with van der Waals surface area (Å²) in [6.45, 7) is 7.28. The molecular weight excluding hydrogens is 220 g/mol. The van der Waals surface area contributed by atoms with Gasteiger partial charge < -0.3 is 9.84 Å². The van der Waals surface area contributed by atoms with Crippen LogP contribution >= 0.6 is 0 Å². The second-order valence-electron chi connectivity index (χ2n) is 4.99. The van der Waals surface area contributed by atoms with Gasteiger partial charge in [-0.05, 0) is 19.8 Å². The van der Waals surface area contributed by atoms with Crippen LogP contribution in [0.5, 0.6) is 0 Å². The topological polar surface area (TPSA) is 53.0 Å². The van der Waals surface area contributed by atoms with Crippen molar-refractivity contribution >= 4 is 5.97 Å². The molecule has 0 radical (unpaired) electrons. The van der Waals surface area contributed by atoms with Crippen LogP contribution in [0.4, 0.5) is 0 Å². The van der Waals surface area contributed by atoms with E-state index in [0.29, 0.717) is 6.10 Å². The summed E-state index contributed by atoms with van der Waals surface area (Å²) in [6, 6.07) is -0.361. The van der Waals surface area contributed by atoms with E-state index >= 15 is 0 Å². The molecule has 0 aromatic heterocycles. The van der Waals surface area contributed by atoms with E-state index in [1.165, 1.54) is 12.8 Å². The van der Waals surface area contributed by atoms with E-state index in [1.54, 1.807) is 6.92 Å². The maximum atomic E-state index is 10.9. The lowest BCUT2D eigenvalue weighted by Gasteiger charge is -2.37. The van der Waals surface area contributed by atoms with Crippen molar-refractivity contribution in [1.29, 1.82) is 0 Å². The highest BCUT2D eigenvalue weighted by Gasteiger charge is 2.27. The summed E-state index contributed by atoms with van der Waals surface area (Å²) < 4.78 is 5.62. The van der Waals surface area contributed by atoms with Gasteiger partial charge in [0.05, 0.1) is 6.10 Å². The van der Waals surface area contributed by atoms with Gasteiger partial charge in [0.1, 0.15) is 6.04 Å². The second-order valence-corrected chi connectivity index (χ2v) is 4.99. The van der Waals surface area contributed by atoms with Crippen molar-refractivity contribution in [3.63, 3.8) is 0 Å². The predicted octanol–water partition coefficient (Wildman–Crippen LogP) is 0.256. The zero-order valence-electron chi connectivity index (χ0n) is 10.5. The highest BCUT2D eigenvalue weighted by Crippen LogP contribution is 2.15. The number of hydrogen-bond donors (Lipinski definition) is 1. The standard InChI is InChI=1S/C12H22N2O3/c1-10(12(15)16)14-6-4-13(5-7-14)9-11-3-2-8-17-11/h10-11H,2-9H2,1H3,(H,15,16)/t10-,11+/m0/s1. The molecule has 2 rings (SSSR count). The first kappa shape index (κ1) is 12.8. The lowest BCUT2D eigenvalue weighted by Crippen LogP contribution is -2.52. The Bertz CT molecular complexity index is 258. The Labute approximate surface area is 102 Å². The number of ether oxygens (including phenoxy) is 1. The minimum Gasteiger partial charge on any atom is -0.480 e. The van der Waals surface area contributed by atoms with E-state index in [1.807, 2.05) is 4.90 Å². The Balaban J connectivity index is 1.72. The minimum atomic E-state index is -0.724. The number of hydrogen-bond acceptors (Lipinski definition) is 4. The van der Waals surface area contributed by atoms with Gasteiger partial charge >= 0.3 is 5.97 Å². The molecule has 0 aliphatic carbocycles. The number of carboxylic acids is 1. The minimum absolute atomic E-state index is 0.361. The molecule has 98 valence electrons. The van der Waals surface area contributed by atoms with Crippen LogP contribution in [0, 0.1) is 0 Å². The molecular formula is C12H22N2O3. The van der Waals surface area contributed by atoms with E-state index in [0.717, 1.165) is 39.3 Å². The first-order chi connectivity index (χ1) is 8.16. The molecule has 2 aliphatic heterocycles. The van der Waals surface area contributed by atoms with E-state index in [-0.39, 0.29) is 6.04 Å². The molecule has 2 fully saturated rings. The van der Waals surface area contributed by atoms with Crippen LogP contribution in [-0.4, -0.2) is 72.4 Å². The molecule has 0 aromatic carbocycles. The van der Waals surface area contributed by atoms with Gasteiger partial charge in [0.25, 0.3) is 0 Å². The fraction of sp³-hybridized carbons (Fsp3) is 0.917. The second kappa shape index (κ2) is 5.80. The van der Waals surface area contributed by atoms with Gasteiger partial charge in [-0.15, -0.1) is 0 Å². The number of carbonyl (C=O) groups is 1. The molecule has 2 heterocycles. The highest BCUT2D eigenvalue weighted by molar-refractivity contribution is 5.72. The van der Waals surface area contributed by atoms with Crippen molar-refractivity contribution < 1.29 is 14.6 Å². The van der Waals surface area contributed by atoms with Crippen LogP contribution in [-0.2, 0) is 9.53 Å². The molecule has 0 spiro atoms. The number of piperazine rings is 1. The van der Waals surface area contributed by atoms with Crippen molar-refractivity contribution in [2.75, 3.05) is 39.3 Å². The number of carboxylic acid groups (broad SMARTS) is 1. The predicted molar refractivity (Wildman–Crippen MR) is 64.1 cm³/mol. The van der Waals surface area contributed by atoms with Crippen molar-refractivity contribution in [1.82, 2.24) is 9.80 Å². The van der Waals surface area contributed by atoms with Crippen LogP contribution < -0.4 is 0 Å². The van der Waals surface area contributed by atoms with Crippen LogP contribution in [0.15, 0.2) is 0 Å². The van der Waals surface area contributed by atoms with Crippen molar-refractivity contribution in [2.24, 2.45) is 0 Å². The van der Waals surface area contributed by atoms with Crippen molar-refractivity contribution in [3.8, 4) is 0 Å². The van der Waals surface area contributed by atoms with E-state index in [2.05, 4.69) is 4.90 Å². The Morgan fingerprint density at radius 3 is 2.65 bits per heavy atom. The zero-order chi connectivity index (χ0) is 12.3. The van der Waals surface area contributed by atoms with Gasteiger partial charge in [0, 0.05) is 39.3 Å². The SMILES string of the molecule is C[C@@H](C(=O)O)N1CCN(C[C@H]2CCCO2)CC1. The molecule has 1 N–H and O–H groups in total. The summed E-state index contributed by atoms with van der Waals surface area (Å²) in [5, 5.41) is 8.95. The van der Waals surface area contributed by atoms with Gasteiger partial charge in [-0.3, -0.25) is 14.6 Å². The highest BCUT2D eigenvalue weighted by atomic mass is 16.5. The van der Waals surface area contributed by atoms with Gasteiger partial charge in [-0.2, -0.15) is 0 Å². The molecule has 17 heavy (non-hydrogen) atoms. The lowest BCUT2D eigenvalue weighted by molar-refractivity contribution is -0.143. The average Bonchev–Trinajstić information content (AvgIpc) is 2.82. The summed E-state index contributed by atoms with van der Waals surface area (Å²) in [5.74, 6) is -0.724. The van der Waals surface area contributed by atoms with Gasteiger partial charge in [-0.1, -0.05) is 0 Å². The maximum Gasteiger partial charge on any atom is 0.320 e. The summed E-state index contributed by atoms with van der Waals surface area (Å²) in [5.41, 5.74) is 0. The maximum absolute atomic E-state index is 10.9. The Morgan fingerprint density at radius 2 is 2.12 bits per heavy atom. The molecule has 5 nitrogen and oxygen atoms in total. The number of aliphatic carboxylic acids is 1. The molecule has 2 aliphatic rings. The molecule has 0 amide bonds. The number of rotatable bonds is 4. The summed E-state index contributed by atoms with van der Waals surface area (Å²) >= 11 is 0. The number of nitrogens with zero attached hydrogens (tertiary/aromatic N) is 2. The fourth-order valence-corrected chi connectivity index (χ4v) is 2.57. The molecule has 2 atom stereocenters. The Kier molecular flexibility index (Phi) is 4.36. The van der Waals surface area contributed by atoms with E-state index in [4.69, 9.17) is 9.84 Å². The fourth-order valence-electron chi connectivity index (χ4n) is 2.57. The molecule has 5 heteroatoms. The van der Waals surface area contributed by atoms with Crippen molar-refractivity contribution in [3.05, 3.63) is 0 Å². The van der Waals surface area contributed by atoms with Gasteiger partial charge in [0.2, 0.25) is 0 Å². The van der Waals surface area contributed by atoms with E-state index in [9.17, 15) is 4.79 Å². The first-order valence-corrected chi connectivity index (χ1v) is 6.47. The molecule has 0 aromatic rings. The van der Waals surface area contributed by atoms with Crippen LogP contribution in [0.1, 0.15) is 19.8 Å². The third-order valence-electron chi connectivity index (χ3n) is 3.80. The average molecular weight is 242 g/mol. The van der Waals surface area contributed by atoms with Gasteiger partial charge in [0.15, 0.2) is 0 Å². The van der Waals surface area contributed by atoms with Gasteiger partial charge in [-0.25, -0.2) is 0 Å². The van der Waals surface area contributed by atoms with Crippen LogP contribution in [0.2, 0.25) is 0 Å². The molecule has 2 saturated heterocycles. The third kappa shape index (κ3) is 3.40. The Hall–Kier alpha value is -0.650. The molecule has 0 saturated carbocycles. The summed E-state index contributed by atoms with van der Waals surface area (Å²) in [4.78, 5) is 15.3. The smallest absolute Gasteiger partial charge is 0.320 e. The quantitative estimate of drug-likeness (QED) is 0.766. The summed E-state index contributed by atoms with van der Waals surface area (Å²) in [6.07, 6.45) is 2.75. The molecule has 0 bridgehead atoms. The molecule has 0 unspecified atom stereocenters. The van der Waals surface area contributed by atoms with Crippen LogP contribution in [0.25, 0.3) is 0 Å². The van der Waals surface area contributed by atoms with Crippen molar-refractivity contribution in [2.45, 2.75) is 31.9 Å². The first-order valence-electron chi connectivity index (χ1n) is 6.47.